The lowest BCUT2D eigenvalue weighted by Crippen LogP contribution is -2.39. The molecule has 3 heterocycles. The van der Waals surface area contributed by atoms with Crippen molar-refractivity contribution >= 4 is 34.1 Å². The molecule has 2 aromatic rings. The van der Waals surface area contributed by atoms with Gasteiger partial charge in [0.05, 0.1) is 18.7 Å². The van der Waals surface area contributed by atoms with E-state index in [1.165, 1.54) is 33.3 Å². The van der Waals surface area contributed by atoms with Crippen LogP contribution in [0.4, 0.5) is 9.39 Å². The molecule has 2 aliphatic rings. The molecule has 1 aromatic heterocycles. The summed E-state index contributed by atoms with van der Waals surface area (Å²) in [7, 11) is 1.58. The lowest BCUT2D eigenvalue weighted by molar-refractivity contribution is -0.119. The molecule has 4 rings (SSSR count). The normalized spacial score (nSPS) is 16.5. The van der Waals surface area contributed by atoms with Crippen LogP contribution in [0.2, 0.25) is 0 Å². The summed E-state index contributed by atoms with van der Waals surface area (Å²) in [5.41, 5.74) is 2.31. The minimum absolute atomic E-state index is 0.0431. The molecule has 0 unspecified atom stereocenters. The number of hydrogen-bond acceptors (Lipinski definition) is 5. The quantitative estimate of drug-likeness (QED) is 0.804. The minimum atomic E-state index is -0.453. The van der Waals surface area contributed by atoms with Crippen LogP contribution in [-0.2, 0) is 17.8 Å². The SMILES string of the molecule is Cc1cc(F)cc(C(=O)N2CCc3c(sc4c3C(=O)N(C)CC(=O)N4CCO)C2)c1. The molecule has 30 heavy (non-hydrogen) atoms. The maximum Gasteiger partial charge on any atom is 0.257 e. The van der Waals surface area contributed by atoms with Crippen molar-refractivity contribution in [2.45, 2.75) is 19.9 Å². The van der Waals surface area contributed by atoms with Crippen molar-refractivity contribution < 1.29 is 23.9 Å². The minimum Gasteiger partial charge on any atom is -0.395 e. The highest BCUT2D eigenvalue weighted by Crippen LogP contribution is 2.41. The Morgan fingerprint density at radius 2 is 2.00 bits per heavy atom. The van der Waals surface area contributed by atoms with Crippen LogP contribution in [0.25, 0.3) is 0 Å². The van der Waals surface area contributed by atoms with E-state index >= 15 is 0 Å². The van der Waals surface area contributed by atoms with Gasteiger partial charge in [0.25, 0.3) is 11.8 Å². The average Bonchev–Trinajstić information content (AvgIpc) is 3.04. The molecule has 0 saturated heterocycles. The number of benzene rings is 1. The van der Waals surface area contributed by atoms with Crippen LogP contribution >= 0.6 is 11.3 Å². The van der Waals surface area contributed by atoms with Gasteiger partial charge in [0.1, 0.15) is 17.4 Å². The number of anilines is 1. The third-order valence-electron chi connectivity index (χ3n) is 5.42. The summed E-state index contributed by atoms with van der Waals surface area (Å²) < 4.78 is 13.8. The Labute approximate surface area is 177 Å². The van der Waals surface area contributed by atoms with Crippen molar-refractivity contribution in [3.8, 4) is 0 Å². The van der Waals surface area contributed by atoms with Crippen molar-refractivity contribution in [1.29, 1.82) is 0 Å². The van der Waals surface area contributed by atoms with E-state index in [4.69, 9.17) is 0 Å². The third kappa shape index (κ3) is 3.48. The Balaban J connectivity index is 1.69. The molecule has 0 spiro atoms. The van der Waals surface area contributed by atoms with Crippen LogP contribution in [0, 0.1) is 12.7 Å². The lowest BCUT2D eigenvalue weighted by atomic mass is 10.0. The molecule has 1 aromatic carbocycles. The summed E-state index contributed by atoms with van der Waals surface area (Å²) in [6.07, 6.45) is 0.474. The van der Waals surface area contributed by atoms with Crippen molar-refractivity contribution in [2.24, 2.45) is 0 Å². The van der Waals surface area contributed by atoms with E-state index in [0.29, 0.717) is 41.2 Å². The number of aliphatic hydroxyl groups excluding tert-OH is 1. The van der Waals surface area contributed by atoms with E-state index in [1.807, 2.05) is 0 Å². The Kier molecular flexibility index (Phi) is 5.33. The molecule has 0 fully saturated rings. The number of nitrogens with zero attached hydrogens (tertiary/aromatic N) is 3. The fourth-order valence-corrected chi connectivity index (χ4v) is 5.40. The number of aryl methyl sites for hydroxylation is 1. The second-order valence-corrected chi connectivity index (χ2v) is 8.69. The number of β-amino-alcohol motifs (C(OH)–C–C–N with tert-alkyl or cyclic N) is 1. The molecule has 158 valence electrons. The van der Waals surface area contributed by atoms with Crippen molar-refractivity contribution in [2.75, 3.05) is 38.2 Å². The number of likely N-dealkylation sites (N-methyl/N-ethyl adjacent to an activating group) is 1. The molecule has 3 amide bonds. The Morgan fingerprint density at radius 3 is 2.70 bits per heavy atom. The highest BCUT2D eigenvalue weighted by molar-refractivity contribution is 7.17. The zero-order chi connectivity index (χ0) is 21.6. The smallest absolute Gasteiger partial charge is 0.257 e. The predicted octanol–water partition coefficient (Wildman–Crippen LogP) is 1.81. The maximum atomic E-state index is 13.8. The summed E-state index contributed by atoms with van der Waals surface area (Å²) in [5, 5.41) is 9.93. The van der Waals surface area contributed by atoms with E-state index in [2.05, 4.69) is 0 Å². The number of fused-ring (bicyclic) bond motifs is 3. The van der Waals surface area contributed by atoms with E-state index in [9.17, 15) is 23.9 Å². The number of hydrogen-bond donors (Lipinski definition) is 1. The number of rotatable bonds is 3. The number of amides is 3. The van der Waals surface area contributed by atoms with Gasteiger partial charge in [-0.1, -0.05) is 0 Å². The first-order chi connectivity index (χ1) is 14.3. The fraction of sp³-hybridized carbons (Fsp3) is 0.381. The van der Waals surface area contributed by atoms with Gasteiger partial charge in [-0.05, 0) is 42.7 Å². The first-order valence-corrected chi connectivity index (χ1v) is 10.5. The highest BCUT2D eigenvalue weighted by atomic mass is 32.1. The van der Waals surface area contributed by atoms with Crippen LogP contribution in [-0.4, -0.2) is 65.9 Å². The standard InChI is InChI=1S/C21H22FN3O4S/c1-12-7-13(9-14(22)8-12)19(28)24-4-3-15-16(10-24)30-21-18(15)20(29)23(2)11-17(27)25(21)5-6-26/h7-9,26H,3-6,10-11H2,1-2H3. The molecule has 0 bridgehead atoms. The van der Waals surface area contributed by atoms with Gasteiger partial charge in [0.2, 0.25) is 5.91 Å². The zero-order valence-corrected chi connectivity index (χ0v) is 17.6. The summed E-state index contributed by atoms with van der Waals surface area (Å²) >= 11 is 1.31. The van der Waals surface area contributed by atoms with Crippen LogP contribution in [0.1, 0.15) is 36.7 Å². The number of carbonyl (C=O) groups excluding carboxylic acids is 3. The van der Waals surface area contributed by atoms with Crippen LogP contribution < -0.4 is 4.90 Å². The zero-order valence-electron chi connectivity index (χ0n) is 16.8. The van der Waals surface area contributed by atoms with E-state index in [1.54, 1.807) is 24.9 Å². The van der Waals surface area contributed by atoms with E-state index in [-0.39, 0.29) is 37.4 Å². The van der Waals surface area contributed by atoms with Gasteiger partial charge in [0, 0.05) is 30.6 Å². The van der Waals surface area contributed by atoms with E-state index < -0.39 is 5.82 Å². The fourth-order valence-electron chi connectivity index (χ4n) is 4.01. The number of carbonyl (C=O) groups is 3. The van der Waals surface area contributed by atoms with Crippen molar-refractivity contribution in [3.05, 3.63) is 51.1 Å². The average molecular weight is 431 g/mol. The Hall–Kier alpha value is -2.78. The largest absolute Gasteiger partial charge is 0.395 e. The number of halogens is 1. The van der Waals surface area contributed by atoms with Crippen molar-refractivity contribution in [3.63, 3.8) is 0 Å². The highest BCUT2D eigenvalue weighted by Gasteiger charge is 2.37. The molecule has 0 aliphatic carbocycles. The van der Waals surface area contributed by atoms with Gasteiger partial charge in [-0.25, -0.2) is 4.39 Å². The molecular weight excluding hydrogens is 409 g/mol. The summed E-state index contributed by atoms with van der Waals surface area (Å²) in [6.45, 7) is 2.28. The first kappa shape index (κ1) is 20.5. The van der Waals surface area contributed by atoms with Gasteiger partial charge >= 0.3 is 0 Å². The second kappa shape index (κ2) is 7.81. The molecule has 0 atom stereocenters. The van der Waals surface area contributed by atoms with Crippen LogP contribution in [0.15, 0.2) is 18.2 Å². The predicted molar refractivity (Wildman–Crippen MR) is 110 cm³/mol. The van der Waals surface area contributed by atoms with Gasteiger partial charge in [-0.3, -0.25) is 19.3 Å². The monoisotopic (exact) mass is 431 g/mol. The lowest BCUT2D eigenvalue weighted by Gasteiger charge is -2.28. The molecule has 0 radical (unpaired) electrons. The Morgan fingerprint density at radius 1 is 1.23 bits per heavy atom. The molecule has 7 nitrogen and oxygen atoms in total. The Bertz CT molecular complexity index is 1030. The molecule has 1 N–H and O–H groups in total. The first-order valence-electron chi connectivity index (χ1n) is 9.68. The molecule has 9 heteroatoms. The third-order valence-corrected chi connectivity index (χ3v) is 6.66. The van der Waals surface area contributed by atoms with Crippen LogP contribution in [0.3, 0.4) is 0 Å². The van der Waals surface area contributed by atoms with Gasteiger partial charge in [0.15, 0.2) is 0 Å². The van der Waals surface area contributed by atoms with Gasteiger partial charge < -0.3 is 14.9 Å². The molecular formula is C21H22FN3O4S. The van der Waals surface area contributed by atoms with E-state index in [0.717, 1.165) is 10.4 Å². The maximum absolute atomic E-state index is 13.8. The molecule has 0 saturated carbocycles. The molecule has 2 aliphatic heterocycles. The van der Waals surface area contributed by atoms with Crippen molar-refractivity contribution in [1.82, 2.24) is 9.80 Å². The summed E-state index contributed by atoms with van der Waals surface area (Å²) in [4.78, 5) is 43.8. The van der Waals surface area contributed by atoms with Gasteiger partial charge in [-0.2, -0.15) is 0 Å². The summed E-state index contributed by atoms with van der Waals surface area (Å²) in [6, 6.07) is 4.26. The number of aliphatic hydroxyl groups is 1. The summed E-state index contributed by atoms with van der Waals surface area (Å²) in [5.74, 6) is -1.19. The van der Waals surface area contributed by atoms with Crippen LogP contribution in [0.5, 0.6) is 0 Å². The topological polar surface area (TPSA) is 81.2 Å². The second-order valence-electron chi connectivity index (χ2n) is 7.61. The number of thiophene rings is 1. The van der Waals surface area contributed by atoms with Gasteiger partial charge in [-0.15, -0.1) is 11.3 Å².